The van der Waals surface area contributed by atoms with Gasteiger partial charge >= 0.3 is 5.97 Å². The number of Topliss-reactive ketones (excluding diaryl/α,β-unsaturated/α-hetero) is 1. The van der Waals surface area contributed by atoms with E-state index in [0.29, 0.717) is 13.2 Å². The second kappa shape index (κ2) is 6.39. The van der Waals surface area contributed by atoms with Crippen molar-refractivity contribution in [3.05, 3.63) is 18.2 Å². The van der Waals surface area contributed by atoms with Crippen LogP contribution in [0.2, 0.25) is 0 Å². The average molecular weight is 293 g/mol. The largest absolute Gasteiger partial charge is 0.465 e. The molecule has 1 aliphatic carbocycles. The molecule has 0 aliphatic heterocycles. The number of hydrogen-bond acceptors (Lipinski definition) is 5. The number of aromatic nitrogens is 2. The average Bonchev–Trinajstić information content (AvgIpc) is 3.10. The lowest BCUT2D eigenvalue weighted by molar-refractivity contribution is -0.152. The summed E-state index contributed by atoms with van der Waals surface area (Å²) in [7, 11) is 5.61. The van der Waals surface area contributed by atoms with Crippen molar-refractivity contribution in [3.8, 4) is 0 Å². The fourth-order valence-corrected chi connectivity index (χ4v) is 2.61. The van der Waals surface area contributed by atoms with Crippen molar-refractivity contribution in [3.63, 3.8) is 0 Å². The van der Waals surface area contributed by atoms with Crippen LogP contribution in [0.25, 0.3) is 0 Å². The Morgan fingerprint density at radius 2 is 2.24 bits per heavy atom. The van der Waals surface area contributed by atoms with E-state index in [1.807, 2.05) is 36.8 Å². The van der Waals surface area contributed by atoms with Gasteiger partial charge in [0.25, 0.3) is 0 Å². The second-order valence-electron chi connectivity index (χ2n) is 5.88. The van der Waals surface area contributed by atoms with E-state index in [2.05, 4.69) is 4.98 Å². The smallest absolute Gasteiger partial charge is 0.317 e. The summed E-state index contributed by atoms with van der Waals surface area (Å²) in [5.41, 5.74) is 0.934. The maximum atomic E-state index is 12.6. The molecular formula is C15H23N3O3. The van der Waals surface area contributed by atoms with E-state index < -0.39 is 11.9 Å². The summed E-state index contributed by atoms with van der Waals surface area (Å²) < 4.78 is 6.92. The van der Waals surface area contributed by atoms with Gasteiger partial charge < -0.3 is 14.2 Å². The van der Waals surface area contributed by atoms with Gasteiger partial charge in [0.15, 0.2) is 5.78 Å². The zero-order chi connectivity index (χ0) is 15.6. The van der Waals surface area contributed by atoms with Crippen LogP contribution in [0.15, 0.2) is 12.5 Å². The van der Waals surface area contributed by atoms with Gasteiger partial charge in [-0.3, -0.25) is 9.59 Å². The van der Waals surface area contributed by atoms with Crippen LogP contribution < -0.4 is 0 Å². The Bertz CT molecular complexity index is 524. The van der Waals surface area contributed by atoms with Gasteiger partial charge in [-0.25, -0.2) is 4.98 Å². The van der Waals surface area contributed by atoms with E-state index in [1.165, 1.54) is 0 Å². The Kier molecular flexibility index (Phi) is 4.77. The minimum Gasteiger partial charge on any atom is -0.465 e. The van der Waals surface area contributed by atoms with Crippen molar-refractivity contribution in [1.82, 2.24) is 14.5 Å². The van der Waals surface area contributed by atoms with E-state index in [0.717, 1.165) is 12.1 Å². The standard InChI is InChI=1S/C15H23N3O3/c1-5-21-15(20)12(7-17(2)3)14(19)11-6-10(11)13-8-18(4)9-16-13/h8-12H,5-7H2,1-4H3. The molecule has 1 fully saturated rings. The van der Waals surface area contributed by atoms with Gasteiger partial charge in [0.05, 0.1) is 18.6 Å². The molecule has 116 valence electrons. The first kappa shape index (κ1) is 15.7. The van der Waals surface area contributed by atoms with E-state index in [4.69, 9.17) is 4.74 Å². The Balaban J connectivity index is 2.04. The fraction of sp³-hybridized carbons (Fsp3) is 0.667. The summed E-state index contributed by atoms with van der Waals surface area (Å²) >= 11 is 0. The lowest BCUT2D eigenvalue weighted by Gasteiger charge is -2.18. The van der Waals surface area contributed by atoms with Crippen molar-refractivity contribution < 1.29 is 14.3 Å². The first-order valence-electron chi connectivity index (χ1n) is 7.27. The predicted octanol–water partition coefficient (Wildman–Crippen LogP) is 0.834. The SMILES string of the molecule is CCOC(=O)C(CN(C)C)C(=O)C1CC1c1cn(C)cn1. The Morgan fingerprint density at radius 1 is 1.52 bits per heavy atom. The third-order valence-electron chi connectivity index (χ3n) is 3.72. The molecule has 1 aliphatic rings. The van der Waals surface area contributed by atoms with Crippen molar-refractivity contribution in [1.29, 1.82) is 0 Å². The summed E-state index contributed by atoms with van der Waals surface area (Å²) in [6.45, 7) is 2.44. The lowest BCUT2D eigenvalue weighted by Crippen LogP contribution is -2.36. The highest BCUT2D eigenvalue weighted by atomic mass is 16.5. The van der Waals surface area contributed by atoms with E-state index >= 15 is 0 Å². The molecule has 1 aromatic rings. The summed E-state index contributed by atoms with van der Waals surface area (Å²) in [4.78, 5) is 30.7. The van der Waals surface area contributed by atoms with Crippen LogP contribution >= 0.6 is 0 Å². The first-order chi connectivity index (χ1) is 9.93. The molecule has 3 atom stereocenters. The van der Waals surface area contributed by atoms with Crippen LogP contribution in [0, 0.1) is 11.8 Å². The van der Waals surface area contributed by atoms with E-state index in [9.17, 15) is 9.59 Å². The normalized spacial score (nSPS) is 22.1. The molecule has 0 N–H and O–H groups in total. The van der Waals surface area contributed by atoms with Gasteiger partial charge in [0.2, 0.25) is 0 Å². The number of carbonyl (C=O) groups excluding carboxylic acids is 2. The molecule has 21 heavy (non-hydrogen) atoms. The molecule has 3 unspecified atom stereocenters. The molecule has 0 saturated heterocycles. The zero-order valence-corrected chi connectivity index (χ0v) is 13.1. The molecule has 0 spiro atoms. The first-order valence-corrected chi connectivity index (χ1v) is 7.27. The maximum Gasteiger partial charge on any atom is 0.317 e. The van der Waals surface area contributed by atoms with Crippen LogP contribution in [0.4, 0.5) is 0 Å². The van der Waals surface area contributed by atoms with Crippen LogP contribution in [0.5, 0.6) is 0 Å². The third kappa shape index (κ3) is 3.69. The van der Waals surface area contributed by atoms with Crippen molar-refractivity contribution in [2.45, 2.75) is 19.3 Å². The number of hydrogen-bond donors (Lipinski definition) is 0. The number of aryl methyl sites for hydroxylation is 1. The highest BCUT2D eigenvalue weighted by Crippen LogP contribution is 2.48. The molecule has 0 bridgehead atoms. The summed E-state index contributed by atoms with van der Waals surface area (Å²) in [5.74, 6) is -1.08. The number of ketones is 1. The number of carbonyl (C=O) groups is 2. The number of rotatable bonds is 7. The predicted molar refractivity (Wildman–Crippen MR) is 77.7 cm³/mol. The minimum absolute atomic E-state index is 0.0159. The van der Waals surface area contributed by atoms with Gasteiger partial charge in [0, 0.05) is 31.6 Å². The van der Waals surface area contributed by atoms with E-state index in [1.54, 1.807) is 13.3 Å². The topological polar surface area (TPSA) is 64.4 Å². The number of ether oxygens (including phenoxy) is 1. The molecule has 1 heterocycles. The van der Waals surface area contributed by atoms with Gasteiger partial charge in [0.1, 0.15) is 5.92 Å². The molecule has 6 heteroatoms. The van der Waals surface area contributed by atoms with Gasteiger partial charge in [-0.1, -0.05) is 0 Å². The van der Waals surface area contributed by atoms with E-state index in [-0.39, 0.29) is 17.6 Å². The minimum atomic E-state index is -0.696. The maximum absolute atomic E-state index is 12.6. The van der Waals surface area contributed by atoms with Crippen molar-refractivity contribution >= 4 is 11.8 Å². The van der Waals surface area contributed by atoms with Crippen LogP contribution in [0.1, 0.15) is 25.0 Å². The number of nitrogens with zero attached hydrogens (tertiary/aromatic N) is 3. The Labute approximate surface area is 125 Å². The number of esters is 1. The summed E-state index contributed by atoms with van der Waals surface area (Å²) in [5, 5.41) is 0. The van der Waals surface area contributed by atoms with Crippen molar-refractivity contribution in [2.24, 2.45) is 18.9 Å². The van der Waals surface area contributed by atoms with Crippen LogP contribution in [-0.2, 0) is 21.4 Å². The highest BCUT2D eigenvalue weighted by molar-refractivity contribution is 6.02. The van der Waals surface area contributed by atoms with Gasteiger partial charge in [-0.05, 0) is 27.4 Å². The Hall–Kier alpha value is -1.69. The van der Waals surface area contributed by atoms with Crippen LogP contribution in [-0.4, -0.2) is 53.5 Å². The quantitative estimate of drug-likeness (QED) is 0.550. The molecule has 1 saturated carbocycles. The fourth-order valence-electron chi connectivity index (χ4n) is 2.61. The monoisotopic (exact) mass is 293 g/mol. The molecule has 1 aromatic heterocycles. The summed E-state index contributed by atoms with van der Waals surface area (Å²) in [6.07, 6.45) is 4.44. The third-order valence-corrected chi connectivity index (χ3v) is 3.72. The molecule has 0 amide bonds. The van der Waals surface area contributed by atoms with Gasteiger partial charge in [-0.2, -0.15) is 0 Å². The molecule has 2 rings (SSSR count). The molecule has 0 radical (unpaired) electrons. The summed E-state index contributed by atoms with van der Waals surface area (Å²) in [6, 6.07) is 0. The van der Waals surface area contributed by atoms with Crippen LogP contribution in [0.3, 0.4) is 0 Å². The Morgan fingerprint density at radius 3 is 2.76 bits per heavy atom. The van der Waals surface area contributed by atoms with Crippen molar-refractivity contribution in [2.75, 3.05) is 27.2 Å². The molecular weight excluding hydrogens is 270 g/mol. The lowest BCUT2D eigenvalue weighted by atomic mass is 9.98. The zero-order valence-electron chi connectivity index (χ0n) is 13.1. The molecule has 6 nitrogen and oxygen atoms in total. The number of imidazole rings is 1. The second-order valence-corrected chi connectivity index (χ2v) is 5.88. The highest BCUT2D eigenvalue weighted by Gasteiger charge is 2.49. The van der Waals surface area contributed by atoms with Gasteiger partial charge in [-0.15, -0.1) is 0 Å². The molecule has 0 aromatic carbocycles.